The summed E-state index contributed by atoms with van der Waals surface area (Å²) in [4.78, 5) is 0. The van der Waals surface area contributed by atoms with Crippen LogP contribution in [0.4, 0.5) is 0 Å². The van der Waals surface area contributed by atoms with E-state index >= 15 is 0 Å². The van der Waals surface area contributed by atoms with E-state index in [9.17, 15) is 10.2 Å². The Bertz CT molecular complexity index is 745. The van der Waals surface area contributed by atoms with Crippen LogP contribution in [0.25, 0.3) is 22.3 Å². The molecule has 0 atom stereocenters. The fourth-order valence-corrected chi connectivity index (χ4v) is 2.80. The van der Waals surface area contributed by atoms with Crippen molar-refractivity contribution in [1.82, 2.24) is 0 Å². The van der Waals surface area contributed by atoms with Crippen molar-refractivity contribution < 1.29 is 10.2 Å². The van der Waals surface area contributed by atoms with Gasteiger partial charge >= 0.3 is 0 Å². The van der Waals surface area contributed by atoms with Gasteiger partial charge in [0.25, 0.3) is 0 Å². The number of aromatic hydroxyl groups is 2. The Morgan fingerprint density at radius 3 is 1.18 bits per heavy atom. The summed E-state index contributed by atoms with van der Waals surface area (Å²) in [6, 6.07) is 18.5. The fourth-order valence-electron chi connectivity index (χ4n) is 2.44. The van der Waals surface area contributed by atoms with Crippen LogP contribution < -0.4 is 0 Å². The van der Waals surface area contributed by atoms with Crippen molar-refractivity contribution >= 4 is 23.2 Å². The molecular weight excluding hydrogens is 319 g/mol. The quantitative estimate of drug-likeness (QED) is 0.588. The molecular formula is C18H12Cl2O2. The van der Waals surface area contributed by atoms with E-state index in [2.05, 4.69) is 0 Å². The largest absolute Gasteiger partial charge is 0.506 e. The minimum atomic E-state index is -0.144. The lowest BCUT2D eigenvalue weighted by Gasteiger charge is -2.17. The van der Waals surface area contributed by atoms with Crippen molar-refractivity contribution in [2.75, 3.05) is 0 Å². The highest BCUT2D eigenvalue weighted by atomic mass is 35.5. The number of phenolic OH excluding ortho intramolecular Hbond substituents is 2. The minimum absolute atomic E-state index is 0.0577. The normalized spacial score (nSPS) is 10.6. The smallest absolute Gasteiger partial charge is 0.144 e. The molecule has 0 heterocycles. The fraction of sp³-hybridized carbons (Fsp3) is 0. The Balaban J connectivity index is 2.42. The van der Waals surface area contributed by atoms with Crippen LogP contribution in [0, 0.1) is 0 Å². The molecule has 3 aromatic rings. The van der Waals surface area contributed by atoms with Gasteiger partial charge in [-0.1, -0.05) is 83.9 Å². The molecule has 0 aliphatic rings. The topological polar surface area (TPSA) is 40.5 Å². The third-order valence-corrected chi connectivity index (χ3v) is 4.29. The first-order chi connectivity index (χ1) is 10.6. The third kappa shape index (κ3) is 2.41. The molecule has 0 spiro atoms. The number of phenols is 2. The molecule has 0 bridgehead atoms. The maximum Gasteiger partial charge on any atom is 0.144 e. The second kappa shape index (κ2) is 5.91. The van der Waals surface area contributed by atoms with Crippen LogP contribution in [-0.2, 0) is 0 Å². The zero-order chi connectivity index (χ0) is 15.7. The number of hydrogen-bond acceptors (Lipinski definition) is 2. The first kappa shape index (κ1) is 14.8. The van der Waals surface area contributed by atoms with Crippen LogP contribution >= 0.6 is 23.2 Å². The molecule has 110 valence electrons. The molecule has 0 aliphatic carbocycles. The van der Waals surface area contributed by atoms with Crippen molar-refractivity contribution in [1.29, 1.82) is 0 Å². The molecule has 22 heavy (non-hydrogen) atoms. The Hall–Kier alpha value is -2.16. The average molecular weight is 331 g/mol. The molecule has 3 rings (SSSR count). The lowest BCUT2D eigenvalue weighted by Crippen LogP contribution is -1.90. The maximum absolute atomic E-state index is 10.5. The van der Waals surface area contributed by atoms with E-state index < -0.39 is 0 Å². The summed E-state index contributed by atoms with van der Waals surface area (Å²) in [7, 11) is 0. The summed E-state index contributed by atoms with van der Waals surface area (Å²) < 4.78 is 0. The molecule has 2 nitrogen and oxygen atoms in total. The van der Waals surface area contributed by atoms with Gasteiger partial charge in [-0.05, 0) is 11.1 Å². The van der Waals surface area contributed by atoms with Crippen LogP contribution in [-0.4, -0.2) is 10.2 Å². The lowest BCUT2D eigenvalue weighted by molar-refractivity contribution is 0.464. The molecule has 2 N–H and O–H groups in total. The van der Waals surface area contributed by atoms with Crippen molar-refractivity contribution in [2.45, 2.75) is 0 Å². The van der Waals surface area contributed by atoms with Gasteiger partial charge in [0, 0.05) is 11.1 Å². The van der Waals surface area contributed by atoms with Gasteiger partial charge in [0.2, 0.25) is 0 Å². The monoisotopic (exact) mass is 330 g/mol. The summed E-state index contributed by atoms with van der Waals surface area (Å²) >= 11 is 12.1. The standard InChI is InChI=1S/C18H12Cl2O2/c19-15-16(20)18(22)14(12-9-5-2-6-10-12)13(17(15)21)11-7-3-1-4-8-11/h1-10,21-22H. The van der Waals surface area contributed by atoms with Gasteiger partial charge in [0.05, 0.1) is 0 Å². The summed E-state index contributed by atoms with van der Waals surface area (Å²) in [6.45, 7) is 0. The van der Waals surface area contributed by atoms with E-state index in [0.717, 1.165) is 11.1 Å². The van der Waals surface area contributed by atoms with Gasteiger partial charge < -0.3 is 10.2 Å². The second-order valence-electron chi connectivity index (χ2n) is 4.81. The molecule has 3 aromatic carbocycles. The average Bonchev–Trinajstić information content (AvgIpc) is 2.57. The maximum atomic E-state index is 10.5. The van der Waals surface area contributed by atoms with Gasteiger partial charge in [-0.2, -0.15) is 0 Å². The molecule has 0 saturated carbocycles. The van der Waals surface area contributed by atoms with Crippen LogP contribution in [0.1, 0.15) is 0 Å². The molecule has 0 aliphatic heterocycles. The van der Waals surface area contributed by atoms with E-state index in [1.807, 2.05) is 60.7 Å². The van der Waals surface area contributed by atoms with E-state index in [4.69, 9.17) is 23.2 Å². The van der Waals surface area contributed by atoms with Crippen molar-refractivity contribution in [3.8, 4) is 33.8 Å². The van der Waals surface area contributed by atoms with Crippen LogP contribution in [0.5, 0.6) is 11.5 Å². The molecule has 0 unspecified atom stereocenters. The van der Waals surface area contributed by atoms with Crippen molar-refractivity contribution in [3.63, 3.8) is 0 Å². The molecule has 0 saturated heterocycles. The van der Waals surface area contributed by atoms with Gasteiger partial charge in [-0.25, -0.2) is 0 Å². The third-order valence-electron chi connectivity index (χ3n) is 3.46. The van der Waals surface area contributed by atoms with Gasteiger partial charge in [0.1, 0.15) is 21.5 Å². The highest BCUT2D eigenvalue weighted by molar-refractivity contribution is 6.44. The predicted octanol–water partition coefficient (Wildman–Crippen LogP) is 5.74. The zero-order valence-electron chi connectivity index (χ0n) is 11.4. The van der Waals surface area contributed by atoms with E-state index in [-0.39, 0.29) is 21.5 Å². The molecule has 0 fully saturated rings. The summed E-state index contributed by atoms with van der Waals surface area (Å²) in [5.41, 5.74) is 2.40. The number of hydrogen-bond donors (Lipinski definition) is 2. The number of halogens is 2. The Kier molecular flexibility index (Phi) is 3.97. The number of rotatable bonds is 2. The lowest BCUT2D eigenvalue weighted by atomic mass is 9.92. The summed E-state index contributed by atoms with van der Waals surface area (Å²) in [5, 5.41) is 20.8. The minimum Gasteiger partial charge on any atom is -0.506 e. The van der Waals surface area contributed by atoms with E-state index in [1.165, 1.54) is 0 Å². The number of benzene rings is 3. The first-order valence-electron chi connectivity index (χ1n) is 6.65. The van der Waals surface area contributed by atoms with Crippen LogP contribution in [0.2, 0.25) is 10.0 Å². The highest BCUT2D eigenvalue weighted by Gasteiger charge is 2.23. The molecule has 0 radical (unpaired) electrons. The highest BCUT2D eigenvalue weighted by Crippen LogP contribution is 2.52. The predicted molar refractivity (Wildman–Crippen MR) is 90.7 cm³/mol. The van der Waals surface area contributed by atoms with E-state index in [0.29, 0.717) is 11.1 Å². The molecule has 4 heteroatoms. The van der Waals surface area contributed by atoms with Gasteiger partial charge in [0.15, 0.2) is 0 Å². The summed E-state index contributed by atoms with van der Waals surface area (Å²) in [6.07, 6.45) is 0. The second-order valence-corrected chi connectivity index (χ2v) is 5.56. The van der Waals surface area contributed by atoms with Gasteiger partial charge in [-0.3, -0.25) is 0 Å². The van der Waals surface area contributed by atoms with Crippen molar-refractivity contribution in [2.24, 2.45) is 0 Å². The first-order valence-corrected chi connectivity index (χ1v) is 7.40. The SMILES string of the molecule is Oc1c(Cl)c(Cl)c(O)c(-c2ccccc2)c1-c1ccccc1. The van der Waals surface area contributed by atoms with Crippen LogP contribution in [0.15, 0.2) is 60.7 Å². The molecule has 0 amide bonds. The van der Waals surface area contributed by atoms with Crippen molar-refractivity contribution in [3.05, 3.63) is 70.7 Å². The summed E-state index contributed by atoms with van der Waals surface area (Å²) in [5.74, 6) is -0.288. The van der Waals surface area contributed by atoms with Crippen LogP contribution in [0.3, 0.4) is 0 Å². The zero-order valence-corrected chi connectivity index (χ0v) is 12.9. The van der Waals surface area contributed by atoms with E-state index in [1.54, 1.807) is 0 Å². The molecule has 0 aromatic heterocycles. The Morgan fingerprint density at radius 2 is 0.864 bits per heavy atom. The Morgan fingerprint density at radius 1 is 0.545 bits per heavy atom. The Labute approximate surface area is 138 Å². The van der Waals surface area contributed by atoms with Gasteiger partial charge in [-0.15, -0.1) is 0 Å².